The van der Waals surface area contributed by atoms with E-state index in [1.807, 2.05) is 12.1 Å². The standard InChI is InChI=1S/C16H27NO2Si/c1-12(2)10-20(17,11-13(3)4)15-7-5-14(6-8-15)9-16(18)19/h5-8,12-13H,9-11,17H2,1-4H3,(H,18,19). The van der Waals surface area contributed by atoms with Gasteiger partial charge in [-0.25, -0.2) is 0 Å². The van der Waals surface area contributed by atoms with Gasteiger partial charge in [0.25, 0.3) is 0 Å². The average molecular weight is 293 g/mol. The van der Waals surface area contributed by atoms with E-state index in [1.54, 1.807) is 0 Å². The number of hydrogen-bond donors (Lipinski definition) is 2. The van der Waals surface area contributed by atoms with E-state index in [0.717, 1.165) is 17.7 Å². The maximum absolute atomic E-state index is 10.7. The number of carboxylic acid groups (broad SMARTS) is 1. The van der Waals surface area contributed by atoms with Gasteiger partial charge in [-0.2, -0.15) is 0 Å². The first-order chi connectivity index (χ1) is 9.23. The molecule has 20 heavy (non-hydrogen) atoms. The molecule has 3 nitrogen and oxygen atoms in total. The number of nitrogens with two attached hydrogens (primary N) is 1. The summed E-state index contributed by atoms with van der Waals surface area (Å²) in [5.74, 6) is 0.381. The van der Waals surface area contributed by atoms with Gasteiger partial charge in [-0.15, -0.1) is 0 Å². The van der Waals surface area contributed by atoms with Crippen LogP contribution in [0.1, 0.15) is 33.3 Å². The van der Waals surface area contributed by atoms with E-state index >= 15 is 0 Å². The Hall–Kier alpha value is -1.13. The van der Waals surface area contributed by atoms with E-state index in [4.69, 9.17) is 10.5 Å². The van der Waals surface area contributed by atoms with E-state index in [0.29, 0.717) is 11.8 Å². The van der Waals surface area contributed by atoms with Crippen LogP contribution in [0.5, 0.6) is 0 Å². The lowest BCUT2D eigenvalue weighted by Gasteiger charge is -2.31. The highest BCUT2D eigenvalue weighted by Gasteiger charge is 2.32. The van der Waals surface area contributed by atoms with Crippen LogP contribution in [-0.4, -0.2) is 19.3 Å². The molecule has 4 heteroatoms. The van der Waals surface area contributed by atoms with Gasteiger partial charge in [-0.05, 0) is 34.7 Å². The van der Waals surface area contributed by atoms with Gasteiger partial charge < -0.3 is 10.5 Å². The Morgan fingerprint density at radius 3 is 1.90 bits per heavy atom. The van der Waals surface area contributed by atoms with Crippen LogP contribution in [0.25, 0.3) is 0 Å². The molecular weight excluding hydrogens is 266 g/mol. The molecule has 0 aliphatic carbocycles. The number of carboxylic acids is 1. The third kappa shape index (κ3) is 5.10. The van der Waals surface area contributed by atoms with Crippen molar-refractivity contribution in [1.82, 2.24) is 0 Å². The molecule has 0 heterocycles. The summed E-state index contributed by atoms with van der Waals surface area (Å²) in [5, 5.41) is 16.9. The predicted molar refractivity (Wildman–Crippen MR) is 86.6 cm³/mol. The normalized spacial score (nSPS) is 12.2. The monoisotopic (exact) mass is 293 g/mol. The van der Waals surface area contributed by atoms with Crippen molar-refractivity contribution in [2.45, 2.75) is 46.2 Å². The Labute approximate surface area is 123 Å². The molecule has 0 unspecified atom stereocenters. The average Bonchev–Trinajstić information content (AvgIpc) is 2.26. The lowest BCUT2D eigenvalue weighted by Crippen LogP contribution is -2.58. The second kappa shape index (κ2) is 7.04. The summed E-state index contributed by atoms with van der Waals surface area (Å²) < 4.78 is 0. The fraction of sp³-hybridized carbons (Fsp3) is 0.562. The summed E-state index contributed by atoms with van der Waals surface area (Å²) in [5.41, 5.74) is 0.840. The van der Waals surface area contributed by atoms with Crippen LogP contribution in [0.3, 0.4) is 0 Å². The van der Waals surface area contributed by atoms with Gasteiger partial charge in [0.2, 0.25) is 0 Å². The van der Waals surface area contributed by atoms with Crippen molar-refractivity contribution in [1.29, 1.82) is 0 Å². The second-order valence-electron chi connectivity index (χ2n) is 6.62. The zero-order valence-corrected chi connectivity index (χ0v) is 14.0. The molecule has 0 radical (unpaired) electrons. The van der Waals surface area contributed by atoms with Crippen LogP contribution < -0.4 is 10.6 Å². The van der Waals surface area contributed by atoms with E-state index in [1.165, 1.54) is 5.19 Å². The van der Waals surface area contributed by atoms with Gasteiger partial charge in [0.15, 0.2) is 8.24 Å². The Bertz CT molecular complexity index is 430. The predicted octanol–water partition coefficient (Wildman–Crippen LogP) is 2.74. The first kappa shape index (κ1) is 16.9. The van der Waals surface area contributed by atoms with Crippen LogP contribution in [0, 0.1) is 11.8 Å². The molecule has 0 spiro atoms. The van der Waals surface area contributed by atoms with Gasteiger partial charge in [0.05, 0.1) is 6.42 Å². The highest BCUT2D eigenvalue weighted by molar-refractivity contribution is 6.89. The number of benzene rings is 1. The van der Waals surface area contributed by atoms with E-state index in [2.05, 4.69) is 39.8 Å². The molecule has 1 aromatic carbocycles. The van der Waals surface area contributed by atoms with Gasteiger partial charge >= 0.3 is 5.97 Å². The number of aliphatic carboxylic acids is 1. The Morgan fingerprint density at radius 2 is 1.55 bits per heavy atom. The van der Waals surface area contributed by atoms with Crippen molar-refractivity contribution in [3.63, 3.8) is 0 Å². The lowest BCUT2D eigenvalue weighted by molar-refractivity contribution is -0.136. The first-order valence-corrected chi connectivity index (χ1v) is 9.82. The maximum Gasteiger partial charge on any atom is 0.307 e. The third-order valence-electron chi connectivity index (χ3n) is 3.43. The molecule has 0 aromatic heterocycles. The van der Waals surface area contributed by atoms with Gasteiger partial charge in [0.1, 0.15) is 0 Å². The molecule has 0 saturated heterocycles. The van der Waals surface area contributed by atoms with E-state index in [9.17, 15) is 4.79 Å². The van der Waals surface area contributed by atoms with Crippen molar-refractivity contribution in [2.75, 3.05) is 0 Å². The molecule has 0 fully saturated rings. The number of rotatable bonds is 7. The van der Waals surface area contributed by atoms with Crippen LogP contribution in [0.15, 0.2) is 24.3 Å². The molecule has 0 aliphatic heterocycles. The Balaban J connectivity index is 2.98. The number of hydrogen-bond acceptors (Lipinski definition) is 2. The maximum atomic E-state index is 10.7. The fourth-order valence-corrected chi connectivity index (χ4v) is 7.29. The second-order valence-corrected chi connectivity index (χ2v) is 10.3. The molecule has 0 saturated carbocycles. The van der Waals surface area contributed by atoms with Crippen molar-refractivity contribution < 1.29 is 9.90 Å². The van der Waals surface area contributed by atoms with Crippen LogP contribution >= 0.6 is 0 Å². The first-order valence-electron chi connectivity index (χ1n) is 7.33. The molecule has 0 amide bonds. The van der Waals surface area contributed by atoms with E-state index < -0.39 is 14.2 Å². The van der Waals surface area contributed by atoms with Crippen LogP contribution in [0.2, 0.25) is 12.1 Å². The van der Waals surface area contributed by atoms with Crippen LogP contribution in [-0.2, 0) is 11.2 Å². The molecule has 1 aromatic rings. The highest BCUT2D eigenvalue weighted by atomic mass is 28.3. The lowest BCUT2D eigenvalue weighted by atomic mass is 10.2. The quantitative estimate of drug-likeness (QED) is 0.760. The van der Waals surface area contributed by atoms with Crippen molar-refractivity contribution in [3.05, 3.63) is 29.8 Å². The Kier molecular flexibility index (Phi) is 5.96. The summed E-state index contributed by atoms with van der Waals surface area (Å²) in [4.78, 5) is 10.7. The zero-order valence-electron chi connectivity index (χ0n) is 13.0. The SMILES string of the molecule is CC(C)C[Si](N)(CC(C)C)c1ccc(CC(=O)O)cc1. The summed E-state index contributed by atoms with van der Waals surface area (Å²) >= 11 is 0. The fourth-order valence-electron chi connectivity index (χ4n) is 2.91. The summed E-state index contributed by atoms with van der Waals surface area (Å²) in [7, 11) is -1.96. The molecule has 1 rings (SSSR count). The largest absolute Gasteiger partial charge is 0.481 e. The summed E-state index contributed by atoms with van der Waals surface area (Å²) in [6.07, 6.45) is 0.0772. The minimum Gasteiger partial charge on any atom is -0.481 e. The van der Waals surface area contributed by atoms with Crippen molar-refractivity contribution >= 4 is 19.4 Å². The molecule has 0 bridgehead atoms. The Morgan fingerprint density at radius 1 is 1.10 bits per heavy atom. The molecule has 112 valence electrons. The minimum absolute atomic E-state index is 0.0772. The van der Waals surface area contributed by atoms with Gasteiger partial charge in [-0.3, -0.25) is 4.79 Å². The highest BCUT2D eigenvalue weighted by Crippen LogP contribution is 2.21. The topological polar surface area (TPSA) is 63.3 Å². The van der Waals surface area contributed by atoms with E-state index in [-0.39, 0.29) is 6.42 Å². The third-order valence-corrected chi connectivity index (χ3v) is 8.00. The van der Waals surface area contributed by atoms with Crippen molar-refractivity contribution in [3.8, 4) is 0 Å². The molecule has 3 N–H and O–H groups in total. The molecule has 0 aliphatic rings. The molecular formula is C16H27NO2Si. The van der Waals surface area contributed by atoms with Crippen molar-refractivity contribution in [2.24, 2.45) is 17.2 Å². The van der Waals surface area contributed by atoms with Gasteiger partial charge in [-0.1, -0.05) is 52.0 Å². The zero-order chi connectivity index (χ0) is 15.3. The van der Waals surface area contributed by atoms with Gasteiger partial charge in [0, 0.05) is 0 Å². The summed E-state index contributed by atoms with van der Waals surface area (Å²) in [6, 6.07) is 10.1. The summed E-state index contributed by atoms with van der Waals surface area (Å²) in [6.45, 7) is 8.86. The minimum atomic E-state index is -1.96. The van der Waals surface area contributed by atoms with Crippen LogP contribution in [0.4, 0.5) is 0 Å². The molecule has 0 atom stereocenters. The number of carbonyl (C=O) groups is 1. The smallest absolute Gasteiger partial charge is 0.307 e.